The van der Waals surface area contributed by atoms with E-state index in [2.05, 4.69) is 68.7 Å². The van der Waals surface area contributed by atoms with E-state index in [1.54, 1.807) is 11.1 Å². The molecule has 0 fully saturated rings. The molecule has 0 N–H and O–H groups in total. The van der Waals surface area contributed by atoms with E-state index in [4.69, 9.17) is 0 Å². The first-order valence-electron chi connectivity index (χ1n) is 8.07. The van der Waals surface area contributed by atoms with Crippen molar-refractivity contribution in [3.8, 4) is 0 Å². The first-order valence-corrected chi connectivity index (χ1v) is 8.98. The summed E-state index contributed by atoms with van der Waals surface area (Å²) in [4.78, 5) is 0.508. The van der Waals surface area contributed by atoms with Crippen LogP contribution >= 0.6 is 15.9 Å². The molecule has 112 valence electrons. The Labute approximate surface area is 133 Å². The molecule has 0 radical (unpaired) electrons. The van der Waals surface area contributed by atoms with Gasteiger partial charge in [-0.05, 0) is 46.8 Å². The second-order valence-corrected chi connectivity index (χ2v) is 8.79. The minimum absolute atomic E-state index is 0.318. The minimum Gasteiger partial charge on any atom is -0.0839 e. The van der Waals surface area contributed by atoms with Gasteiger partial charge in [-0.15, -0.1) is 0 Å². The number of rotatable bonds is 4. The second-order valence-electron chi connectivity index (χ2n) is 7.68. The van der Waals surface area contributed by atoms with Crippen molar-refractivity contribution >= 4 is 15.9 Å². The van der Waals surface area contributed by atoms with Gasteiger partial charge in [-0.25, -0.2) is 0 Å². The van der Waals surface area contributed by atoms with Crippen LogP contribution in [0.5, 0.6) is 0 Å². The molecule has 20 heavy (non-hydrogen) atoms. The van der Waals surface area contributed by atoms with E-state index < -0.39 is 0 Å². The number of hydrogen-bond acceptors (Lipinski definition) is 0. The van der Waals surface area contributed by atoms with Gasteiger partial charge in [-0.1, -0.05) is 81.6 Å². The highest BCUT2D eigenvalue weighted by molar-refractivity contribution is 9.09. The highest BCUT2D eigenvalue weighted by atomic mass is 79.9. The fourth-order valence-corrected chi connectivity index (χ4v) is 3.96. The van der Waals surface area contributed by atoms with Crippen molar-refractivity contribution in [3.63, 3.8) is 0 Å². The maximum absolute atomic E-state index is 3.88. The molecule has 0 amide bonds. The minimum atomic E-state index is 0.318. The molecule has 1 unspecified atom stereocenters. The van der Waals surface area contributed by atoms with Gasteiger partial charge < -0.3 is 0 Å². The smallest absolute Gasteiger partial charge is 0.0395 e. The lowest BCUT2D eigenvalue weighted by Gasteiger charge is -2.42. The Balaban J connectivity index is 2.38. The van der Waals surface area contributed by atoms with Gasteiger partial charge in [0.15, 0.2) is 0 Å². The number of fused-ring (bicyclic) bond motifs is 1. The van der Waals surface area contributed by atoms with Crippen molar-refractivity contribution in [2.75, 3.05) is 0 Å². The molecule has 0 nitrogen and oxygen atoms in total. The van der Waals surface area contributed by atoms with E-state index in [1.165, 1.54) is 37.7 Å². The Morgan fingerprint density at radius 3 is 2.25 bits per heavy atom. The molecule has 1 aromatic carbocycles. The van der Waals surface area contributed by atoms with Crippen molar-refractivity contribution in [1.82, 2.24) is 0 Å². The third-order valence-electron chi connectivity index (χ3n) is 5.05. The van der Waals surface area contributed by atoms with Crippen molar-refractivity contribution in [1.29, 1.82) is 0 Å². The summed E-state index contributed by atoms with van der Waals surface area (Å²) >= 11 is 3.88. The molecule has 0 saturated heterocycles. The number of benzene rings is 1. The van der Waals surface area contributed by atoms with E-state index in [0.717, 1.165) is 0 Å². The Morgan fingerprint density at radius 2 is 1.65 bits per heavy atom. The molecular formula is C19H29Br. The van der Waals surface area contributed by atoms with Crippen LogP contribution in [0.25, 0.3) is 0 Å². The van der Waals surface area contributed by atoms with Gasteiger partial charge in [0.25, 0.3) is 0 Å². The van der Waals surface area contributed by atoms with E-state index in [1.807, 2.05) is 0 Å². The molecule has 1 aliphatic carbocycles. The number of unbranched alkanes of at least 4 members (excludes halogenated alkanes) is 1. The average Bonchev–Trinajstić information content (AvgIpc) is 2.41. The van der Waals surface area contributed by atoms with Crippen molar-refractivity contribution in [3.05, 3.63) is 34.9 Å². The molecular weight excluding hydrogens is 308 g/mol. The number of alkyl halides is 1. The predicted molar refractivity (Wildman–Crippen MR) is 92.9 cm³/mol. The lowest BCUT2D eigenvalue weighted by Crippen LogP contribution is -2.33. The number of halogens is 1. The van der Waals surface area contributed by atoms with E-state index in [9.17, 15) is 0 Å². The summed E-state index contributed by atoms with van der Waals surface area (Å²) in [5.74, 6) is 0. The third-order valence-corrected chi connectivity index (χ3v) is 6.04. The van der Waals surface area contributed by atoms with E-state index in [-0.39, 0.29) is 0 Å². The molecule has 0 aromatic heterocycles. The zero-order valence-corrected chi connectivity index (χ0v) is 15.3. The topological polar surface area (TPSA) is 0 Å². The highest BCUT2D eigenvalue weighted by Gasteiger charge is 2.37. The average molecular weight is 337 g/mol. The van der Waals surface area contributed by atoms with Crippen LogP contribution in [0.3, 0.4) is 0 Å². The summed E-state index contributed by atoms with van der Waals surface area (Å²) in [6.45, 7) is 11.9. The lowest BCUT2D eigenvalue weighted by atomic mass is 9.63. The molecule has 0 saturated carbocycles. The molecule has 1 aromatic rings. The highest BCUT2D eigenvalue weighted by Crippen LogP contribution is 2.46. The lowest BCUT2D eigenvalue weighted by molar-refractivity contribution is 0.331. The van der Waals surface area contributed by atoms with Gasteiger partial charge in [0.05, 0.1) is 0 Å². The Morgan fingerprint density at radius 1 is 1.05 bits per heavy atom. The molecule has 0 aliphatic heterocycles. The monoisotopic (exact) mass is 336 g/mol. The summed E-state index contributed by atoms with van der Waals surface area (Å²) in [7, 11) is 0. The molecule has 1 aliphatic rings. The first kappa shape index (κ1) is 16.1. The van der Waals surface area contributed by atoms with Crippen LogP contribution in [0.2, 0.25) is 0 Å². The molecule has 0 spiro atoms. The van der Waals surface area contributed by atoms with Crippen molar-refractivity contribution in [2.45, 2.75) is 82.4 Å². The molecule has 1 heteroatoms. The maximum Gasteiger partial charge on any atom is 0.0395 e. The van der Waals surface area contributed by atoms with Crippen molar-refractivity contribution in [2.24, 2.45) is 0 Å². The first-order chi connectivity index (χ1) is 9.28. The Kier molecular flexibility index (Phi) is 4.69. The maximum atomic E-state index is 3.88. The molecule has 2 rings (SSSR count). The summed E-state index contributed by atoms with van der Waals surface area (Å²) in [5.41, 5.74) is 5.25. The van der Waals surface area contributed by atoms with Crippen LogP contribution in [-0.4, -0.2) is 0 Å². The van der Waals surface area contributed by atoms with Crippen LogP contribution in [0.1, 0.15) is 88.2 Å². The largest absolute Gasteiger partial charge is 0.0839 e. The molecule has 0 heterocycles. The summed E-state index contributed by atoms with van der Waals surface area (Å²) in [6.07, 6.45) is 6.38. The normalized spacial score (nSPS) is 21.3. The Hall–Kier alpha value is -0.300. The van der Waals surface area contributed by atoms with Crippen LogP contribution in [-0.2, 0) is 10.8 Å². The van der Waals surface area contributed by atoms with Gasteiger partial charge >= 0.3 is 0 Å². The predicted octanol–water partition coefficient (Wildman–Crippen LogP) is 6.66. The zero-order valence-electron chi connectivity index (χ0n) is 13.7. The summed E-state index contributed by atoms with van der Waals surface area (Å²) in [6, 6.07) is 7.22. The van der Waals surface area contributed by atoms with Crippen molar-refractivity contribution < 1.29 is 0 Å². The van der Waals surface area contributed by atoms with Gasteiger partial charge in [0.2, 0.25) is 0 Å². The fraction of sp³-hybridized carbons (Fsp3) is 0.684. The number of hydrogen-bond donors (Lipinski definition) is 0. The summed E-state index contributed by atoms with van der Waals surface area (Å²) < 4.78 is 0. The van der Waals surface area contributed by atoms with Gasteiger partial charge in [0, 0.05) is 4.83 Å². The van der Waals surface area contributed by atoms with Gasteiger partial charge in [-0.3, -0.25) is 0 Å². The fourth-order valence-electron chi connectivity index (χ4n) is 3.35. The molecule has 1 atom stereocenters. The zero-order chi connectivity index (χ0) is 15.0. The van der Waals surface area contributed by atoms with Crippen LogP contribution < -0.4 is 0 Å². The SMILES string of the molecule is CCCCC(Br)c1ccc2c(c1)C(C)(C)CCC2(C)C. The van der Waals surface area contributed by atoms with Crippen LogP contribution in [0.15, 0.2) is 18.2 Å². The van der Waals surface area contributed by atoms with Crippen LogP contribution in [0.4, 0.5) is 0 Å². The quantitative estimate of drug-likeness (QED) is 0.539. The van der Waals surface area contributed by atoms with Crippen LogP contribution in [0, 0.1) is 0 Å². The third kappa shape index (κ3) is 3.13. The van der Waals surface area contributed by atoms with Gasteiger partial charge in [0.1, 0.15) is 0 Å². The molecule has 0 bridgehead atoms. The second kappa shape index (κ2) is 5.83. The van der Waals surface area contributed by atoms with E-state index >= 15 is 0 Å². The standard InChI is InChI=1S/C19H29Br/c1-6-7-8-17(20)14-9-10-15-16(13-14)19(4,5)12-11-18(15,2)3/h9-10,13,17H,6-8,11-12H2,1-5H3. The van der Waals surface area contributed by atoms with E-state index in [0.29, 0.717) is 15.7 Å². The van der Waals surface area contributed by atoms with Gasteiger partial charge in [-0.2, -0.15) is 0 Å². The Bertz CT molecular complexity index is 471. The summed E-state index contributed by atoms with van der Waals surface area (Å²) in [5, 5.41) is 0.